The molecule has 0 bridgehead atoms. The summed E-state index contributed by atoms with van der Waals surface area (Å²) in [5.74, 6) is 0.407. The highest BCUT2D eigenvalue weighted by Crippen LogP contribution is 2.33. The molecular formula is C12H12ClN5S. The Hall–Kier alpha value is -1.66. The van der Waals surface area contributed by atoms with E-state index in [1.807, 2.05) is 23.8 Å². The number of rotatable bonds is 2. The van der Waals surface area contributed by atoms with Crippen LogP contribution in [0.2, 0.25) is 5.02 Å². The Balaban J connectivity index is 2.28. The maximum atomic E-state index is 6.04. The summed E-state index contributed by atoms with van der Waals surface area (Å²) in [6, 6.07) is 1.76. The second-order valence-corrected chi connectivity index (χ2v) is 6.03. The lowest BCUT2D eigenvalue weighted by molar-refractivity contribution is 0.450. The van der Waals surface area contributed by atoms with Gasteiger partial charge in [-0.2, -0.15) is 0 Å². The van der Waals surface area contributed by atoms with Crippen molar-refractivity contribution in [3.8, 4) is 0 Å². The minimum Gasteiger partial charge on any atom is -0.369 e. The van der Waals surface area contributed by atoms with Gasteiger partial charge in [0, 0.05) is 17.8 Å². The number of nitrogens with zero attached hydrogens (tertiary/aromatic N) is 4. The van der Waals surface area contributed by atoms with Crippen molar-refractivity contribution in [2.45, 2.75) is 19.4 Å². The molecule has 0 saturated carbocycles. The number of pyridine rings is 1. The molecule has 2 N–H and O–H groups in total. The van der Waals surface area contributed by atoms with E-state index in [4.69, 9.17) is 17.3 Å². The molecule has 0 unspecified atom stereocenters. The van der Waals surface area contributed by atoms with E-state index >= 15 is 0 Å². The van der Waals surface area contributed by atoms with Gasteiger partial charge in [-0.05, 0) is 19.9 Å². The van der Waals surface area contributed by atoms with Gasteiger partial charge in [-0.3, -0.25) is 4.57 Å². The smallest absolute Gasteiger partial charge is 0.203 e. The van der Waals surface area contributed by atoms with Crippen molar-refractivity contribution in [3.05, 3.63) is 33.9 Å². The molecule has 3 rings (SSSR count). The first-order valence-electron chi connectivity index (χ1n) is 5.70. The van der Waals surface area contributed by atoms with E-state index < -0.39 is 5.54 Å². The Labute approximate surface area is 119 Å². The first-order chi connectivity index (χ1) is 9.00. The van der Waals surface area contributed by atoms with Crippen molar-refractivity contribution >= 4 is 40.0 Å². The summed E-state index contributed by atoms with van der Waals surface area (Å²) in [6.07, 6.45) is 3.38. The maximum Gasteiger partial charge on any atom is 0.203 e. The first-order valence-corrected chi connectivity index (χ1v) is 6.96. The minimum absolute atomic E-state index is 0.407. The number of thiazole rings is 1. The molecule has 0 aliphatic rings. The van der Waals surface area contributed by atoms with Crippen LogP contribution >= 0.6 is 22.9 Å². The van der Waals surface area contributed by atoms with Crippen molar-refractivity contribution in [1.82, 2.24) is 19.5 Å². The molecule has 0 amide bonds. The molecule has 3 aromatic rings. The van der Waals surface area contributed by atoms with Gasteiger partial charge in [0.15, 0.2) is 5.65 Å². The number of halogens is 1. The Bertz CT molecular complexity index is 732. The van der Waals surface area contributed by atoms with Crippen LogP contribution in [-0.4, -0.2) is 19.5 Å². The van der Waals surface area contributed by atoms with Gasteiger partial charge in [-0.15, -0.1) is 11.3 Å². The lowest BCUT2D eigenvalue weighted by Crippen LogP contribution is -2.29. The van der Waals surface area contributed by atoms with Crippen LogP contribution in [0.3, 0.4) is 0 Å². The number of aromatic nitrogens is 4. The predicted octanol–water partition coefficient (Wildman–Crippen LogP) is 2.91. The Morgan fingerprint density at radius 1 is 1.37 bits per heavy atom. The van der Waals surface area contributed by atoms with Crippen LogP contribution < -0.4 is 5.73 Å². The third-order valence-electron chi connectivity index (χ3n) is 3.00. The van der Waals surface area contributed by atoms with Gasteiger partial charge in [0.05, 0.1) is 10.6 Å². The number of hydrogen-bond acceptors (Lipinski definition) is 5. The topological polar surface area (TPSA) is 69.6 Å². The highest BCUT2D eigenvalue weighted by Gasteiger charge is 2.30. The van der Waals surface area contributed by atoms with Crippen molar-refractivity contribution in [2.75, 3.05) is 5.73 Å². The summed E-state index contributed by atoms with van der Waals surface area (Å²) in [6.45, 7) is 4.08. The van der Waals surface area contributed by atoms with Gasteiger partial charge < -0.3 is 5.73 Å². The lowest BCUT2D eigenvalue weighted by Gasteiger charge is -2.25. The fraction of sp³-hybridized carbons (Fsp3) is 0.250. The maximum absolute atomic E-state index is 6.04. The number of fused-ring (bicyclic) bond motifs is 1. The van der Waals surface area contributed by atoms with E-state index in [0.29, 0.717) is 22.1 Å². The summed E-state index contributed by atoms with van der Waals surface area (Å²) in [7, 11) is 0. The van der Waals surface area contributed by atoms with Crippen molar-refractivity contribution in [3.63, 3.8) is 0 Å². The molecule has 5 nitrogen and oxygen atoms in total. The average molecular weight is 294 g/mol. The van der Waals surface area contributed by atoms with Crippen LogP contribution in [0.25, 0.3) is 11.2 Å². The van der Waals surface area contributed by atoms with Crippen LogP contribution in [0.15, 0.2) is 23.8 Å². The SMILES string of the molecule is CC(C)(c1nccs1)n1c(N)nc2cc(Cl)cnc21. The van der Waals surface area contributed by atoms with Gasteiger partial charge in [-0.25, -0.2) is 15.0 Å². The molecular weight excluding hydrogens is 282 g/mol. The summed E-state index contributed by atoms with van der Waals surface area (Å²) in [5.41, 5.74) is 7.03. The quantitative estimate of drug-likeness (QED) is 0.789. The van der Waals surface area contributed by atoms with Crippen LogP contribution in [0, 0.1) is 0 Å². The van der Waals surface area contributed by atoms with Crippen LogP contribution in [-0.2, 0) is 5.54 Å². The molecule has 19 heavy (non-hydrogen) atoms. The molecule has 7 heteroatoms. The monoisotopic (exact) mass is 293 g/mol. The number of hydrogen-bond donors (Lipinski definition) is 1. The Morgan fingerprint density at radius 3 is 2.84 bits per heavy atom. The fourth-order valence-electron chi connectivity index (χ4n) is 2.13. The molecule has 0 aromatic carbocycles. The molecule has 0 radical (unpaired) electrons. The molecule has 0 saturated heterocycles. The van der Waals surface area contributed by atoms with Gasteiger partial charge in [0.1, 0.15) is 10.5 Å². The van der Waals surface area contributed by atoms with Crippen LogP contribution in [0.4, 0.5) is 5.95 Å². The van der Waals surface area contributed by atoms with Crippen molar-refractivity contribution in [2.24, 2.45) is 0 Å². The van der Waals surface area contributed by atoms with Crippen molar-refractivity contribution in [1.29, 1.82) is 0 Å². The molecule has 0 aliphatic heterocycles. The Morgan fingerprint density at radius 2 is 2.16 bits per heavy atom. The summed E-state index contributed by atoms with van der Waals surface area (Å²) >= 11 is 7.51. The number of nitrogen functional groups attached to an aromatic ring is 1. The molecule has 0 fully saturated rings. The lowest BCUT2D eigenvalue weighted by atomic mass is 10.1. The predicted molar refractivity (Wildman–Crippen MR) is 77.5 cm³/mol. The van der Waals surface area contributed by atoms with Gasteiger partial charge in [-0.1, -0.05) is 11.6 Å². The summed E-state index contributed by atoms with van der Waals surface area (Å²) in [4.78, 5) is 13.0. The standard InChI is InChI=1S/C12H12ClN5S/c1-12(2,10-15-3-4-19-10)18-9-8(17-11(18)14)5-7(13)6-16-9/h3-6H,1-2H3,(H2,14,17). The van der Waals surface area contributed by atoms with E-state index in [-0.39, 0.29) is 0 Å². The molecule has 3 aromatic heterocycles. The zero-order chi connectivity index (χ0) is 13.6. The fourth-order valence-corrected chi connectivity index (χ4v) is 3.03. The van der Waals surface area contributed by atoms with Crippen LogP contribution in [0.1, 0.15) is 18.9 Å². The van der Waals surface area contributed by atoms with E-state index in [1.165, 1.54) is 0 Å². The second-order valence-electron chi connectivity index (χ2n) is 4.70. The number of anilines is 1. The van der Waals surface area contributed by atoms with E-state index in [0.717, 1.165) is 5.01 Å². The summed E-state index contributed by atoms with van der Waals surface area (Å²) in [5, 5.41) is 3.44. The highest BCUT2D eigenvalue weighted by molar-refractivity contribution is 7.09. The number of nitrogens with two attached hydrogens (primary N) is 1. The van der Waals surface area contributed by atoms with Crippen LogP contribution in [0.5, 0.6) is 0 Å². The average Bonchev–Trinajstić information content (AvgIpc) is 2.94. The van der Waals surface area contributed by atoms with E-state index in [1.54, 1.807) is 29.8 Å². The van der Waals surface area contributed by atoms with Crippen molar-refractivity contribution < 1.29 is 0 Å². The number of imidazole rings is 1. The molecule has 0 atom stereocenters. The largest absolute Gasteiger partial charge is 0.369 e. The minimum atomic E-state index is -0.409. The third-order valence-corrected chi connectivity index (χ3v) is 4.30. The molecule has 3 heterocycles. The zero-order valence-corrected chi connectivity index (χ0v) is 12.0. The second kappa shape index (κ2) is 4.18. The molecule has 0 spiro atoms. The third kappa shape index (κ3) is 1.87. The molecule has 0 aliphatic carbocycles. The Kier molecular flexibility index (Phi) is 2.72. The molecule has 98 valence electrons. The zero-order valence-electron chi connectivity index (χ0n) is 10.5. The van der Waals surface area contributed by atoms with E-state index in [9.17, 15) is 0 Å². The first kappa shape index (κ1) is 12.4. The summed E-state index contributed by atoms with van der Waals surface area (Å²) < 4.78 is 1.89. The highest BCUT2D eigenvalue weighted by atomic mass is 35.5. The van der Waals surface area contributed by atoms with Gasteiger partial charge in [0.25, 0.3) is 0 Å². The van der Waals surface area contributed by atoms with Gasteiger partial charge in [0.2, 0.25) is 5.95 Å². The van der Waals surface area contributed by atoms with Gasteiger partial charge >= 0.3 is 0 Å². The normalized spacial score (nSPS) is 12.2. The van der Waals surface area contributed by atoms with E-state index in [2.05, 4.69) is 15.0 Å².